The molecule has 1 aromatic rings. The smallest absolute Gasteiger partial charge is 0.255 e. The fourth-order valence-electron chi connectivity index (χ4n) is 1.74. The summed E-state index contributed by atoms with van der Waals surface area (Å²) in [6.07, 6.45) is 0.848. The number of ether oxygens (including phenoxy) is 1. The number of nitrogens with two attached hydrogens (primary N) is 1. The van der Waals surface area contributed by atoms with Gasteiger partial charge in [0, 0.05) is 6.04 Å². The normalized spacial score (nSPS) is 16.8. The van der Waals surface area contributed by atoms with Gasteiger partial charge in [-0.2, -0.15) is 0 Å². The number of rotatable bonds is 2. The summed E-state index contributed by atoms with van der Waals surface area (Å²) in [5, 5.41) is 2.78. The molecular weight excluding hydrogens is 204 g/mol. The minimum absolute atomic E-state index is 0.0265. The van der Waals surface area contributed by atoms with Crippen LogP contribution in [0.1, 0.15) is 35.3 Å². The second kappa shape index (κ2) is 4.53. The van der Waals surface area contributed by atoms with E-state index >= 15 is 0 Å². The van der Waals surface area contributed by atoms with Crippen LogP contribution in [0.5, 0.6) is 5.75 Å². The first kappa shape index (κ1) is 11.0. The Balaban J connectivity index is 2.39. The molecule has 0 spiro atoms. The lowest BCUT2D eigenvalue weighted by molar-refractivity contribution is 0.0957. The van der Waals surface area contributed by atoms with Crippen molar-refractivity contribution >= 4 is 5.91 Å². The second-order valence-electron chi connectivity index (χ2n) is 3.87. The van der Waals surface area contributed by atoms with Crippen LogP contribution in [0, 0.1) is 0 Å². The van der Waals surface area contributed by atoms with Crippen LogP contribution in [-0.2, 0) is 0 Å². The van der Waals surface area contributed by atoms with E-state index in [2.05, 4.69) is 5.32 Å². The van der Waals surface area contributed by atoms with Crippen LogP contribution in [-0.4, -0.2) is 19.1 Å². The Labute approximate surface area is 94.8 Å². The molecule has 2 rings (SSSR count). The zero-order valence-corrected chi connectivity index (χ0v) is 9.32. The molecule has 1 amide bonds. The van der Waals surface area contributed by atoms with Gasteiger partial charge in [-0.3, -0.25) is 4.79 Å². The third kappa shape index (κ3) is 2.02. The highest BCUT2D eigenvalue weighted by Gasteiger charge is 2.17. The molecule has 86 valence electrons. The molecule has 16 heavy (non-hydrogen) atoms. The van der Waals surface area contributed by atoms with Crippen molar-refractivity contribution in [2.75, 3.05) is 13.2 Å². The number of hydrogen-bond acceptors (Lipinski definition) is 3. The average Bonchev–Trinajstić information content (AvgIpc) is 2.50. The monoisotopic (exact) mass is 220 g/mol. The van der Waals surface area contributed by atoms with Crippen LogP contribution >= 0.6 is 0 Å². The molecule has 0 radical (unpaired) electrons. The van der Waals surface area contributed by atoms with E-state index in [0.717, 1.165) is 12.0 Å². The Morgan fingerprint density at radius 1 is 1.56 bits per heavy atom. The highest BCUT2D eigenvalue weighted by atomic mass is 16.5. The van der Waals surface area contributed by atoms with Crippen molar-refractivity contribution in [1.82, 2.24) is 5.32 Å². The SMILES string of the molecule is CCC(N)c1ccc2c(c1)C(=O)NCCO2. The van der Waals surface area contributed by atoms with Crippen molar-refractivity contribution in [1.29, 1.82) is 0 Å². The summed E-state index contributed by atoms with van der Waals surface area (Å²) in [5.74, 6) is 0.555. The van der Waals surface area contributed by atoms with E-state index in [1.54, 1.807) is 0 Å². The molecule has 1 unspecified atom stereocenters. The van der Waals surface area contributed by atoms with Crippen molar-refractivity contribution in [2.24, 2.45) is 5.73 Å². The summed E-state index contributed by atoms with van der Waals surface area (Å²) < 4.78 is 5.46. The minimum Gasteiger partial charge on any atom is -0.491 e. The molecule has 1 atom stereocenters. The van der Waals surface area contributed by atoms with Gasteiger partial charge in [0.25, 0.3) is 5.91 Å². The van der Waals surface area contributed by atoms with Crippen LogP contribution < -0.4 is 15.8 Å². The maximum Gasteiger partial charge on any atom is 0.255 e. The van der Waals surface area contributed by atoms with E-state index in [4.69, 9.17) is 10.5 Å². The maximum absolute atomic E-state index is 11.7. The van der Waals surface area contributed by atoms with Gasteiger partial charge < -0.3 is 15.8 Å². The predicted molar refractivity (Wildman–Crippen MR) is 61.5 cm³/mol. The van der Waals surface area contributed by atoms with Crippen molar-refractivity contribution in [2.45, 2.75) is 19.4 Å². The van der Waals surface area contributed by atoms with Gasteiger partial charge in [0.05, 0.1) is 12.1 Å². The van der Waals surface area contributed by atoms with Crippen LogP contribution in [0.3, 0.4) is 0 Å². The highest BCUT2D eigenvalue weighted by Crippen LogP contribution is 2.24. The zero-order valence-electron chi connectivity index (χ0n) is 9.32. The predicted octanol–water partition coefficient (Wildman–Crippen LogP) is 1.22. The van der Waals surface area contributed by atoms with Crippen molar-refractivity contribution in [3.63, 3.8) is 0 Å². The summed E-state index contributed by atoms with van der Waals surface area (Å²) in [6.45, 7) is 3.08. The Morgan fingerprint density at radius 2 is 2.38 bits per heavy atom. The van der Waals surface area contributed by atoms with E-state index in [1.165, 1.54) is 0 Å². The fourth-order valence-corrected chi connectivity index (χ4v) is 1.74. The molecule has 1 aliphatic heterocycles. The Hall–Kier alpha value is -1.55. The quantitative estimate of drug-likeness (QED) is 0.787. The largest absolute Gasteiger partial charge is 0.491 e. The van der Waals surface area contributed by atoms with Crippen LogP contribution in [0.4, 0.5) is 0 Å². The lowest BCUT2D eigenvalue weighted by Crippen LogP contribution is -2.24. The van der Waals surface area contributed by atoms with Gasteiger partial charge in [-0.15, -0.1) is 0 Å². The first-order valence-corrected chi connectivity index (χ1v) is 5.53. The number of fused-ring (bicyclic) bond motifs is 1. The first-order chi connectivity index (χ1) is 7.72. The van der Waals surface area contributed by atoms with E-state index in [0.29, 0.717) is 24.5 Å². The van der Waals surface area contributed by atoms with Gasteiger partial charge in [-0.25, -0.2) is 0 Å². The lowest BCUT2D eigenvalue weighted by Gasteiger charge is -2.12. The third-order valence-electron chi connectivity index (χ3n) is 2.76. The van der Waals surface area contributed by atoms with Crippen LogP contribution in [0.15, 0.2) is 18.2 Å². The third-order valence-corrected chi connectivity index (χ3v) is 2.76. The van der Waals surface area contributed by atoms with E-state index in [1.807, 2.05) is 25.1 Å². The van der Waals surface area contributed by atoms with Crippen molar-refractivity contribution < 1.29 is 9.53 Å². The van der Waals surface area contributed by atoms with Crippen LogP contribution in [0.25, 0.3) is 0 Å². The molecule has 0 aromatic heterocycles. The Morgan fingerprint density at radius 3 is 3.12 bits per heavy atom. The molecular formula is C12H16N2O2. The summed E-state index contributed by atoms with van der Waals surface area (Å²) in [6, 6.07) is 5.54. The molecule has 3 N–H and O–H groups in total. The van der Waals surface area contributed by atoms with Crippen LogP contribution in [0.2, 0.25) is 0 Å². The molecule has 1 aromatic carbocycles. The number of hydrogen-bond donors (Lipinski definition) is 2. The lowest BCUT2D eigenvalue weighted by atomic mass is 10.0. The maximum atomic E-state index is 11.7. The van der Waals surface area contributed by atoms with Gasteiger partial charge in [-0.05, 0) is 24.1 Å². The highest BCUT2D eigenvalue weighted by molar-refractivity contribution is 5.97. The molecule has 0 saturated heterocycles. The number of amides is 1. The molecule has 0 aliphatic carbocycles. The minimum atomic E-state index is -0.0855. The summed E-state index contributed by atoms with van der Waals surface area (Å²) >= 11 is 0. The van der Waals surface area contributed by atoms with E-state index < -0.39 is 0 Å². The summed E-state index contributed by atoms with van der Waals surface area (Å²) in [5.41, 5.74) is 7.50. The number of carbonyl (C=O) groups is 1. The molecule has 4 nitrogen and oxygen atoms in total. The van der Waals surface area contributed by atoms with Gasteiger partial charge in [0.15, 0.2) is 0 Å². The van der Waals surface area contributed by atoms with Gasteiger partial charge >= 0.3 is 0 Å². The topological polar surface area (TPSA) is 64.4 Å². The number of carbonyl (C=O) groups excluding carboxylic acids is 1. The van der Waals surface area contributed by atoms with Crippen molar-refractivity contribution in [3.8, 4) is 5.75 Å². The van der Waals surface area contributed by atoms with Gasteiger partial charge in [0.2, 0.25) is 0 Å². The molecule has 1 aliphatic rings. The molecule has 0 bridgehead atoms. The molecule has 4 heteroatoms. The Bertz CT molecular complexity index is 404. The number of benzene rings is 1. The molecule has 0 saturated carbocycles. The fraction of sp³-hybridized carbons (Fsp3) is 0.417. The average molecular weight is 220 g/mol. The van der Waals surface area contributed by atoms with E-state index in [9.17, 15) is 4.79 Å². The molecule has 0 fully saturated rings. The zero-order chi connectivity index (χ0) is 11.5. The van der Waals surface area contributed by atoms with Gasteiger partial charge in [0.1, 0.15) is 12.4 Å². The second-order valence-corrected chi connectivity index (χ2v) is 3.87. The van der Waals surface area contributed by atoms with E-state index in [-0.39, 0.29) is 11.9 Å². The molecule has 1 heterocycles. The first-order valence-electron chi connectivity index (χ1n) is 5.53. The summed E-state index contributed by atoms with van der Waals surface area (Å²) in [7, 11) is 0. The number of nitrogens with one attached hydrogen (secondary N) is 1. The van der Waals surface area contributed by atoms with Crippen molar-refractivity contribution in [3.05, 3.63) is 29.3 Å². The van der Waals surface area contributed by atoms with Gasteiger partial charge in [-0.1, -0.05) is 13.0 Å². The standard InChI is InChI=1S/C12H16N2O2/c1-2-10(13)8-3-4-11-9(7-8)12(15)14-5-6-16-11/h3-4,7,10H,2,5-6,13H2,1H3,(H,14,15). The summed E-state index contributed by atoms with van der Waals surface area (Å²) in [4.78, 5) is 11.7. The Kier molecular flexibility index (Phi) is 3.10.